The summed E-state index contributed by atoms with van der Waals surface area (Å²) in [6.07, 6.45) is 6.93. The first-order chi connectivity index (χ1) is 7.55. The zero-order chi connectivity index (χ0) is 12.2. The van der Waals surface area contributed by atoms with Gasteiger partial charge in [0, 0.05) is 6.54 Å². The van der Waals surface area contributed by atoms with Crippen LogP contribution >= 0.6 is 0 Å². The number of hydrogen-bond donors (Lipinski definition) is 2. The molecule has 0 aromatic heterocycles. The SMILES string of the molecule is C#CCN(CC)C(=O)NC1(C(=O)O)CCC1. The van der Waals surface area contributed by atoms with Crippen LogP contribution in [-0.2, 0) is 4.79 Å². The van der Waals surface area contributed by atoms with E-state index in [0.29, 0.717) is 19.4 Å². The van der Waals surface area contributed by atoms with Gasteiger partial charge in [0.25, 0.3) is 0 Å². The van der Waals surface area contributed by atoms with Crippen molar-refractivity contribution in [2.75, 3.05) is 13.1 Å². The van der Waals surface area contributed by atoms with Gasteiger partial charge >= 0.3 is 12.0 Å². The summed E-state index contributed by atoms with van der Waals surface area (Å²) < 4.78 is 0. The topological polar surface area (TPSA) is 69.6 Å². The smallest absolute Gasteiger partial charge is 0.329 e. The van der Waals surface area contributed by atoms with Crippen molar-refractivity contribution in [3.8, 4) is 12.3 Å². The molecule has 1 fully saturated rings. The molecule has 0 aromatic rings. The summed E-state index contributed by atoms with van der Waals surface area (Å²) in [6, 6.07) is -0.400. The fraction of sp³-hybridized carbons (Fsp3) is 0.636. The standard InChI is InChI=1S/C11H16N2O3/c1-3-8-13(4-2)10(16)12-11(9(14)15)6-5-7-11/h1H,4-8H2,2H3,(H,12,16)(H,14,15). The summed E-state index contributed by atoms with van der Waals surface area (Å²) in [7, 11) is 0. The zero-order valence-corrected chi connectivity index (χ0v) is 9.32. The average Bonchev–Trinajstić information content (AvgIpc) is 2.18. The molecule has 1 aliphatic rings. The van der Waals surface area contributed by atoms with Gasteiger partial charge in [-0.3, -0.25) is 0 Å². The number of aliphatic carboxylic acids is 1. The number of carboxylic acids is 1. The van der Waals surface area contributed by atoms with Crippen LogP contribution in [0.3, 0.4) is 0 Å². The van der Waals surface area contributed by atoms with Gasteiger partial charge in [-0.2, -0.15) is 0 Å². The van der Waals surface area contributed by atoms with E-state index >= 15 is 0 Å². The van der Waals surface area contributed by atoms with Crippen LogP contribution in [0.1, 0.15) is 26.2 Å². The number of hydrogen-bond acceptors (Lipinski definition) is 2. The lowest BCUT2D eigenvalue weighted by atomic mass is 9.77. The minimum Gasteiger partial charge on any atom is -0.480 e. The zero-order valence-electron chi connectivity index (χ0n) is 9.32. The molecule has 0 radical (unpaired) electrons. The van der Waals surface area contributed by atoms with Crippen LogP contribution < -0.4 is 5.32 Å². The van der Waals surface area contributed by atoms with E-state index in [1.165, 1.54) is 4.90 Å². The van der Waals surface area contributed by atoms with Crippen LogP contribution in [0, 0.1) is 12.3 Å². The van der Waals surface area contributed by atoms with E-state index in [4.69, 9.17) is 11.5 Å². The van der Waals surface area contributed by atoms with Crippen molar-refractivity contribution in [1.29, 1.82) is 0 Å². The number of carbonyl (C=O) groups is 2. The van der Waals surface area contributed by atoms with E-state index < -0.39 is 17.5 Å². The van der Waals surface area contributed by atoms with Crippen LogP contribution in [-0.4, -0.2) is 40.6 Å². The molecule has 0 unspecified atom stereocenters. The van der Waals surface area contributed by atoms with Gasteiger partial charge in [-0.15, -0.1) is 6.42 Å². The maximum Gasteiger partial charge on any atom is 0.329 e. The Kier molecular flexibility index (Phi) is 3.78. The summed E-state index contributed by atoms with van der Waals surface area (Å²) in [6.45, 7) is 2.45. The molecular weight excluding hydrogens is 208 g/mol. The van der Waals surface area contributed by atoms with E-state index in [1.54, 1.807) is 6.92 Å². The monoisotopic (exact) mass is 224 g/mol. The lowest BCUT2D eigenvalue weighted by Gasteiger charge is -2.39. The number of carbonyl (C=O) groups excluding carboxylic acids is 1. The van der Waals surface area contributed by atoms with E-state index in [-0.39, 0.29) is 6.54 Å². The van der Waals surface area contributed by atoms with Gasteiger partial charge < -0.3 is 15.3 Å². The fourth-order valence-electron chi connectivity index (χ4n) is 1.64. The highest BCUT2D eigenvalue weighted by Crippen LogP contribution is 2.32. The predicted octanol–water partition coefficient (Wildman–Crippen LogP) is 0.658. The van der Waals surface area contributed by atoms with Crippen LogP contribution in [0.2, 0.25) is 0 Å². The normalized spacial score (nSPS) is 16.8. The van der Waals surface area contributed by atoms with Crippen LogP contribution in [0.25, 0.3) is 0 Å². The molecule has 0 bridgehead atoms. The van der Waals surface area contributed by atoms with E-state index in [2.05, 4.69) is 11.2 Å². The van der Waals surface area contributed by atoms with Gasteiger partial charge in [0.05, 0.1) is 6.54 Å². The van der Waals surface area contributed by atoms with Crippen LogP contribution in [0.5, 0.6) is 0 Å². The third kappa shape index (κ3) is 2.27. The molecule has 0 atom stereocenters. The number of terminal acetylenes is 1. The van der Waals surface area contributed by atoms with Crippen molar-refractivity contribution < 1.29 is 14.7 Å². The van der Waals surface area contributed by atoms with Crippen molar-refractivity contribution in [3.05, 3.63) is 0 Å². The minimum absolute atomic E-state index is 0.192. The number of nitrogens with one attached hydrogen (secondary N) is 1. The molecule has 0 heterocycles. The third-order valence-electron chi connectivity index (χ3n) is 2.91. The Bertz CT molecular complexity index is 329. The summed E-state index contributed by atoms with van der Waals surface area (Å²) in [4.78, 5) is 24.2. The second kappa shape index (κ2) is 4.88. The molecule has 2 N–H and O–H groups in total. The lowest BCUT2D eigenvalue weighted by molar-refractivity contribution is -0.148. The van der Waals surface area contributed by atoms with Crippen LogP contribution in [0.15, 0.2) is 0 Å². The van der Waals surface area contributed by atoms with Gasteiger partial charge in [-0.05, 0) is 26.2 Å². The molecule has 5 heteroatoms. The number of urea groups is 1. The molecule has 0 aromatic carbocycles. The highest BCUT2D eigenvalue weighted by Gasteiger charge is 2.46. The Labute approximate surface area is 94.8 Å². The Morgan fingerprint density at radius 1 is 1.56 bits per heavy atom. The van der Waals surface area contributed by atoms with Crippen molar-refractivity contribution in [3.63, 3.8) is 0 Å². The average molecular weight is 224 g/mol. The molecule has 0 aliphatic heterocycles. The lowest BCUT2D eigenvalue weighted by Crippen LogP contribution is -2.61. The van der Waals surface area contributed by atoms with Gasteiger partial charge in [-0.1, -0.05) is 5.92 Å². The van der Waals surface area contributed by atoms with Crippen molar-refractivity contribution >= 4 is 12.0 Å². The van der Waals surface area contributed by atoms with Crippen molar-refractivity contribution in [2.24, 2.45) is 0 Å². The maximum atomic E-state index is 11.7. The van der Waals surface area contributed by atoms with Crippen molar-refractivity contribution in [2.45, 2.75) is 31.7 Å². The summed E-state index contributed by atoms with van der Waals surface area (Å²) >= 11 is 0. The molecule has 1 saturated carbocycles. The summed E-state index contributed by atoms with van der Waals surface area (Å²) in [5.74, 6) is 1.40. The van der Waals surface area contributed by atoms with Gasteiger partial charge in [0.2, 0.25) is 0 Å². The van der Waals surface area contributed by atoms with Gasteiger partial charge in [0.15, 0.2) is 0 Å². The highest BCUT2D eigenvalue weighted by molar-refractivity contribution is 5.87. The third-order valence-corrected chi connectivity index (χ3v) is 2.91. The largest absolute Gasteiger partial charge is 0.480 e. The molecular formula is C11H16N2O3. The van der Waals surface area contributed by atoms with Crippen LogP contribution in [0.4, 0.5) is 4.79 Å². The molecule has 2 amide bonds. The van der Waals surface area contributed by atoms with E-state index in [0.717, 1.165) is 6.42 Å². The molecule has 1 aliphatic carbocycles. The predicted molar refractivity (Wildman–Crippen MR) is 58.8 cm³/mol. The molecule has 0 spiro atoms. The van der Waals surface area contributed by atoms with E-state index in [9.17, 15) is 9.59 Å². The molecule has 88 valence electrons. The first kappa shape index (κ1) is 12.4. The second-order valence-corrected chi connectivity index (χ2v) is 3.89. The number of carboxylic acid groups (broad SMARTS) is 1. The fourth-order valence-corrected chi connectivity index (χ4v) is 1.64. The Morgan fingerprint density at radius 3 is 2.50 bits per heavy atom. The Morgan fingerprint density at radius 2 is 2.19 bits per heavy atom. The molecule has 5 nitrogen and oxygen atoms in total. The van der Waals surface area contributed by atoms with Gasteiger partial charge in [-0.25, -0.2) is 9.59 Å². The Hall–Kier alpha value is -1.70. The number of rotatable bonds is 4. The number of amides is 2. The molecule has 16 heavy (non-hydrogen) atoms. The van der Waals surface area contributed by atoms with Gasteiger partial charge in [0.1, 0.15) is 5.54 Å². The van der Waals surface area contributed by atoms with Crippen molar-refractivity contribution in [1.82, 2.24) is 10.2 Å². The summed E-state index contributed by atoms with van der Waals surface area (Å²) in [5.41, 5.74) is -1.07. The maximum absolute atomic E-state index is 11.7. The Balaban J connectivity index is 2.62. The minimum atomic E-state index is -1.07. The first-order valence-electron chi connectivity index (χ1n) is 5.29. The van der Waals surface area contributed by atoms with E-state index in [1.807, 2.05) is 0 Å². The first-order valence-corrected chi connectivity index (χ1v) is 5.29. The number of nitrogens with zero attached hydrogens (tertiary/aromatic N) is 1. The highest BCUT2D eigenvalue weighted by atomic mass is 16.4. The second-order valence-electron chi connectivity index (χ2n) is 3.89. The quantitative estimate of drug-likeness (QED) is 0.689. The molecule has 1 rings (SSSR count). The summed E-state index contributed by atoms with van der Waals surface area (Å²) in [5, 5.41) is 11.6. The molecule has 0 saturated heterocycles.